The zero-order valence-corrected chi connectivity index (χ0v) is 13.9. The summed E-state index contributed by atoms with van der Waals surface area (Å²) in [5.74, 6) is 0.845. The van der Waals surface area contributed by atoms with Crippen LogP contribution in [0.15, 0.2) is 58.7 Å². The molecule has 25 heavy (non-hydrogen) atoms. The predicted molar refractivity (Wildman–Crippen MR) is 90.9 cm³/mol. The fourth-order valence-electron chi connectivity index (χ4n) is 2.69. The zero-order valence-electron chi connectivity index (χ0n) is 13.1. The molecular weight excluding hydrogens is 342 g/mol. The van der Waals surface area contributed by atoms with Crippen molar-refractivity contribution in [2.75, 3.05) is 13.3 Å². The van der Waals surface area contributed by atoms with Gasteiger partial charge in [0, 0.05) is 16.0 Å². The van der Waals surface area contributed by atoms with Gasteiger partial charge in [0.1, 0.15) is 5.60 Å². The normalized spacial score (nSPS) is 14.9. The van der Waals surface area contributed by atoms with E-state index in [0.29, 0.717) is 22.6 Å². The predicted octanol–water partition coefficient (Wildman–Crippen LogP) is 2.74. The highest BCUT2D eigenvalue weighted by molar-refractivity contribution is 7.10. The first-order valence-corrected chi connectivity index (χ1v) is 8.52. The van der Waals surface area contributed by atoms with Crippen molar-refractivity contribution in [1.29, 1.82) is 0 Å². The van der Waals surface area contributed by atoms with Crippen LogP contribution in [0.25, 0.3) is 0 Å². The molecule has 1 aromatic carbocycles. The average molecular weight is 357 g/mol. The van der Waals surface area contributed by atoms with Gasteiger partial charge in [-0.3, -0.25) is 4.79 Å². The molecule has 0 radical (unpaired) electrons. The van der Waals surface area contributed by atoms with Crippen LogP contribution < -0.4 is 14.8 Å². The van der Waals surface area contributed by atoms with E-state index in [9.17, 15) is 9.90 Å². The number of carbonyl (C=O) groups excluding carboxylic acids is 1. The van der Waals surface area contributed by atoms with Crippen molar-refractivity contribution in [2.24, 2.45) is 0 Å². The van der Waals surface area contributed by atoms with Gasteiger partial charge in [0.2, 0.25) is 6.79 Å². The van der Waals surface area contributed by atoms with Crippen molar-refractivity contribution in [2.45, 2.75) is 5.60 Å². The van der Waals surface area contributed by atoms with Gasteiger partial charge in [-0.05, 0) is 35.7 Å². The molecule has 0 saturated carbocycles. The van der Waals surface area contributed by atoms with Crippen LogP contribution >= 0.6 is 11.3 Å². The lowest BCUT2D eigenvalue weighted by Crippen LogP contribution is -2.41. The van der Waals surface area contributed by atoms with Gasteiger partial charge in [0.25, 0.3) is 5.91 Å². The number of benzene rings is 1. The minimum absolute atomic E-state index is 0.0142. The molecule has 0 bridgehead atoms. The quantitative estimate of drug-likeness (QED) is 0.734. The van der Waals surface area contributed by atoms with Crippen molar-refractivity contribution in [3.05, 3.63) is 70.3 Å². The van der Waals surface area contributed by atoms with Gasteiger partial charge in [-0.25, -0.2) is 0 Å². The lowest BCUT2D eigenvalue weighted by molar-refractivity contribution is 0.0714. The molecule has 7 heteroatoms. The molecule has 3 heterocycles. The topological polar surface area (TPSA) is 80.9 Å². The van der Waals surface area contributed by atoms with E-state index in [0.717, 1.165) is 4.88 Å². The fraction of sp³-hybridized carbons (Fsp3) is 0.167. The molecule has 4 rings (SSSR count). The third-order valence-electron chi connectivity index (χ3n) is 4.07. The molecule has 1 aliphatic heterocycles. The number of carbonyl (C=O) groups is 1. The fourth-order valence-corrected chi connectivity index (χ4v) is 3.54. The average Bonchev–Trinajstić information content (AvgIpc) is 3.40. The summed E-state index contributed by atoms with van der Waals surface area (Å²) in [4.78, 5) is 13.2. The van der Waals surface area contributed by atoms with Crippen LogP contribution in [0.2, 0.25) is 0 Å². The SMILES string of the molecule is O=C(NC[C@@](O)(c1ccoc1)c1cccs1)c1ccc2c(c1)OCO2. The number of amides is 1. The lowest BCUT2D eigenvalue weighted by Gasteiger charge is -2.26. The van der Waals surface area contributed by atoms with Crippen molar-refractivity contribution in [3.8, 4) is 11.5 Å². The Balaban J connectivity index is 1.55. The molecule has 3 aromatic rings. The highest BCUT2D eigenvalue weighted by atomic mass is 32.1. The maximum Gasteiger partial charge on any atom is 0.251 e. The van der Waals surface area contributed by atoms with Gasteiger partial charge in [-0.2, -0.15) is 0 Å². The molecule has 1 aliphatic rings. The molecular formula is C18H15NO5S. The number of hydrogen-bond acceptors (Lipinski definition) is 6. The summed E-state index contributed by atoms with van der Waals surface area (Å²) in [7, 11) is 0. The number of thiophene rings is 1. The first kappa shape index (κ1) is 15.7. The lowest BCUT2D eigenvalue weighted by atomic mass is 9.94. The van der Waals surface area contributed by atoms with Crippen LogP contribution in [0.4, 0.5) is 0 Å². The molecule has 2 N–H and O–H groups in total. The van der Waals surface area contributed by atoms with Crippen molar-refractivity contribution < 1.29 is 23.8 Å². The van der Waals surface area contributed by atoms with E-state index in [1.54, 1.807) is 24.3 Å². The van der Waals surface area contributed by atoms with Gasteiger partial charge in [-0.15, -0.1) is 11.3 Å². The van der Waals surface area contributed by atoms with Crippen LogP contribution in [0.1, 0.15) is 20.8 Å². The summed E-state index contributed by atoms with van der Waals surface area (Å²) in [5.41, 5.74) is -0.335. The van der Waals surface area contributed by atoms with Gasteiger partial charge in [-0.1, -0.05) is 6.07 Å². The van der Waals surface area contributed by atoms with E-state index < -0.39 is 5.60 Å². The third-order valence-corrected chi connectivity index (χ3v) is 5.09. The number of hydrogen-bond donors (Lipinski definition) is 2. The Morgan fingerprint density at radius 1 is 1.24 bits per heavy atom. The van der Waals surface area contributed by atoms with Crippen LogP contribution in [-0.4, -0.2) is 24.4 Å². The Labute approximate surface area is 147 Å². The second kappa shape index (κ2) is 6.27. The van der Waals surface area contributed by atoms with Gasteiger partial charge >= 0.3 is 0 Å². The van der Waals surface area contributed by atoms with E-state index in [1.165, 1.54) is 23.9 Å². The van der Waals surface area contributed by atoms with Crippen molar-refractivity contribution in [1.82, 2.24) is 5.32 Å². The van der Waals surface area contributed by atoms with E-state index in [1.807, 2.05) is 17.5 Å². The van der Waals surface area contributed by atoms with Crippen LogP contribution in [0.5, 0.6) is 11.5 Å². The van der Waals surface area contributed by atoms with E-state index in [-0.39, 0.29) is 19.2 Å². The number of ether oxygens (including phenoxy) is 2. The molecule has 6 nitrogen and oxygen atoms in total. The number of furan rings is 1. The molecule has 0 saturated heterocycles. The number of rotatable bonds is 5. The minimum Gasteiger partial charge on any atom is -0.472 e. The highest BCUT2D eigenvalue weighted by Crippen LogP contribution is 2.34. The summed E-state index contributed by atoms with van der Waals surface area (Å²) in [6, 6.07) is 10.3. The maximum absolute atomic E-state index is 12.5. The Kier molecular flexibility index (Phi) is 3.95. The molecule has 2 aromatic heterocycles. The Morgan fingerprint density at radius 2 is 2.12 bits per heavy atom. The number of nitrogens with one attached hydrogen (secondary N) is 1. The van der Waals surface area contributed by atoms with Crippen LogP contribution in [0.3, 0.4) is 0 Å². The number of aliphatic hydroxyl groups is 1. The van der Waals surface area contributed by atoms with E-state index in [4.69, 9.17) is 13.9 Å². The Bertz CT molecular complexity index is 839. The first-order chi connectivity index (χ1) is 12.2. The summed E-state index contributed by atoms with van der Waals surface area (Å²) in [6.07, 6.45) is 2.97. The van der Waals surface area contributed by atoms with Crippen molar-refractivity contribution in [3.63, 3.8) is 0 Å². The molecule has 0 spiro atoms. The second-order valence-electron chi connectivity index (χ2n) is 5.60. The summed E-state index contributed by atoms with van der Waals surface area (Å²) in [6.45, 7) is 0.166. The van der Waals surface area contributed by atoms with E-state index >= 15 is 0 Å². The number of fused-ring (bicyclic) bond motifs is 1. The Hall–Kier alpha value is -2.77. The highest BCUT2D eigenvalue weighted by Gasteiger charge is 2.34. The molecule has 128 valence electrons. The third kappa shape index (κ3) is 2.88. The molecule has 0 unspecified atom stereocenters. The molecule has 0 fully saturated rings. The smallest absolute Gasteiger partial charge is 0.251 e. The van der Waals surface area contributed by atoms with Crippen LogP contribution in [0, 0.1) is 0 Å². The maximum atomic E-state index is 12.5. The minimum atomic E-state index is -1.35. The second-order valence-corrected chi connectivity index (χ2v) is 6.55. The standard InChI is InChI=1S/C18H15NO5S/c20-17(12-3-4-14-15(8-12)24-11-23-14)19-10-18(21,13-5-6-22-9-13)16-2-1-7-25-16/h1-9,21H,10-11H2,(H,19,20)/t18-/m1/s1. The monoisotopic (exact) mass is 357 g/mol. The van der Waals surface area contributed by atoms with Crippen LogP contribution in [-0.2, 0) is 5.60 Å². The largest absolute Gasteiger partial charge is 0.472 e. The molecule has 1 amide bonds. The van der Waals surface area contributed by atoms with Gasteiger partial charge in [0.05, 0.1) is 19.1 Å². The zero-order chi connectivity index (χ0) is 17.3. The molecule has 0 aliphatic carbocycles. The first-order valence-electron chi connectivity index (χ1n) is 7.64. The summed E-state index contributed by atoms with van der Waals surface area (Å²) < 4.78 is 15.6. The Morgan fingerprint density at radius 3 is 2.88 bits per heavy atom. The summed E-state index contributed by atoms with van der Waals surface area (Å²) in [5, 5.41) is 15.8. The van der Waals surface area contributed by atoms with E-state index in [2.05, 4.69) is 5.32 Å². The van der Waals surface area contributed by atoms with Gasteiger partial charge in [0.15, 0.2) is 11.5 Å². The van der Waals surface area contributed by atoms with Crippen molar-refractivity contribution >= 4 is 17.2 Å². The molecule has 1 atom stereocenters. The summed E-state index contributed by atoms with van der Waals surface area (Å²) >= 11 is 1.41. The van der Waals surface area contributed by atoms with Gasteiger partial charge < -0.3 is 24.3 Å².